The molecule has 1 fully saturated rings. The molecule has 1 unspecified atom stereocenters. The fourth-order valence-electron chi connectivity index (χ4n) is 2.50. The summed E-state index contributed by atoms with van der Waals surface area (Å²) < 4.78 is 11.5. The van der Waals surface area contributed by atoms with Crippen LogP contribution in [0.15, 0.2) is 24.3 Å². The quantitative estimate of drug-likeness (QED) is 0.797. The van der Waals surface area contributed by atoms with E-state index in [1.54, 1.807) is 0 Å². The zero-order chi connectivity index (χ0) is 14.9. The minimum absolute atomic E-state index is 0.393. The van der Waals surface area contributed by atoms with E-state index in [4.69, 9.17) is 9.47 Å². The largest absolute Gasteiger partial charge is 0.492 e. The van der Waals surface area contributed by atoms with E-state index in [1.807, 2.05) is 0 Å². The van der Waals surface area contributed by atoms with Crippen molar-refractivity contribution < 1.29 is 9.47 Å². The maximum Gasteiger partial charge on any atom is 0.119 e. The Balaban J connectivity index is 1.68. The van der Waals surface area contributed by atoms with E-state index in [0.29, 0.717) is 6.10 Å². The molecule has 4 nitrogen and oxygen atoms in total. The lowest BCUT2D eigenvalue weighted by molar-refractivity contribution is -0.0324. The average Bonchev–Trinajstić information content (AvgIpc) is 2.54. The molecule has 1 atom stereocenters. The van der Waals surface area contributed by atoms with E-state index in [2.05, 4.69) is 48.3 Å². The van der Waals surface area contributed by atoms with Crippen LogP contribution < -0.4 is 10.1 Å². The minimum atomic E-state index is 0.393. The van der Waals surface area contributed by atoms with Crippen LogP contribution in [0.5, 0.6) is 5.75 Å². The Morgan fingerprint density at radius 1 is 1.29 bits per heavy atom. The highest BCUT2D eigenvalue weighted by Crippen LogP contribution is 2.13. The third-order valence-corrected chi connectivity index (χ3v) is 3.86. The van der Waals surface area contributed by atoms with Gasteiger partial charge in [0.15, 0.2) is 0 Å². The summed E-state index contributed by atoms with van der Waals surface area (Å²) in [4.78, 5) is 2.43. The Labute approximate surface area is 128 Å². The maximum atomic E-state index is 5.83. The van der Waals surface area contributed by atoms with Gasteiger partial charge in [0.1, 0.15) is 12.4 Å². The van der Waals surface area contributed by atoms with E-state index in [-0.39, 0.29) is 0 Å². The van der Waals surface area contributed by atoms with Crippen molar-refractivity contribution >= 4 is 0 Å². The Kier molecular flexibility index (Phi) is 7.00. The molecular weight excluding hydrogens is 264 g/mol. The Hall–Kier alpha value is -1.10. The number of nitrogens with one attached hydrogen (secondary N) is 1. The first kappa shape index (κ1) is 16.3. The van der Waals surface area contributed by atoms with E-state index < -0.39 is 0 Å². The summed E-state index contributed by atoms with van der Waals surface area (Å²) in [5.41, 5.74) is 1.29. The van der Waals surface area contributed by atoms with Gasteiger partial charge in [-0.05, 0) is 30.7 Å². The molecule has 0 aliphatic carbocycles. The molecule has 1 aromatic rings. The van der Waals surface area contributed by atoms with Gasteiger partial charge in [0, 0.05) is 26.2 Å². The van der Waals surface area contributed by atoms with Crippen molar-refractivity contribution in [2.45, 2.75) is 32.9 Å². The predicted octanol–water partition coefficient (Wildman–Crippen LogP) is 2.29. The highest BCUT2D eigenvalue weighted by atomic mass is 16.5. The summed E-state index contributed by atoms with van der Waals surface area (Å²) >= 11 is 0. The van der Waals surface area contributed by atoms with Gasteiger partial charge in [-0.15, -0.1) is 0 Å². The third-order valence-electron chi connectivity index (χ3n) is 3.86. The van der Waals surface area contributed by atoms with Crippen molar-refractivity contribution in [3.63, 3.8) is 0 Å². The van der Waals surface area contributed by atoms with E-state index in [1.165, 1.54) is 5.56 Å². The lowest BCUT2D eigenvalue weighted by Crippen LogP contribution is -2.43. The Morgan fingerprint density at radius 3 is 2.81 bits per heavy atom. The topological polar surface area (TPSA) is 33.7 Å². The van der Waals surface area contributed by atoms with Gasteiger partial charge in [-0.2, -0.15) is 0 Å². The predicted molar refractivity (Wildman–Crippen MR) is 85.8 cm³/mol. The summed E-state index contributed by atoms with van der Waals surface area (Å²) in [5, 5.41) is 3.32. The fraction of sp³-hybridized carbons (Fsp3) is 0.647. The molecule has 118 valence electrons. The van der Waals surface area contributed by atoms with Crippen molar-refractivity contribution in [2.24, 2.45) is 0 Å². The zero-order valence-electron chi connectivity index (χ0n) is 13.3. The molecule has 1 saturated heterocycles. The maximum absolute atomic E-state index is 5.83. The van der Waals surface area contributed by atoms with Crippen LogP contribution in [-0.2, 0) is 11.3 Å². The molecule has 1 heterocycles. The Morgan fingerprint density at radius 2 is 2.10 bits per heavy atom. The monoisotopic (exact) mass is 292 g/mol. The standard InChI is InChI=1S/C17H28N2O2/c1-3-16-14-19(9-11-20-16)10-12-21-17-7-5-15(6-8-17)13-18-4-2/h5-8,16,18H,3-4,9-14H2,1-2H3. The van der Waals surface area contributed by atoms with Crippen LogP contribution in [-0.4, -0.2) is 50.4 Å². The fourth-order valence-corrected chi connectivity index (χ4v) is 2.50. The van der Waals surface area contributed by atoms with Crippen LogP contribution in [0.2, 0.25) is 0 Å². The summed E-state index contributed by atoms with van der Waals surface area (Å²) in [7, 11) is 0. The third kappa shape index (κ3) is 5.65. The summed E-state index contributed by atoms with van der Waals surface area (Å²) in [6.45, 7) is 10.8. The minimum Gasteiger partial charge on any atom is -0.492 e. The van der Waals surface area contributed by atoms with Gasteiger partial charge < -0.3 is 14.8 Å². The van der Waals surface area contributed by atoms with E-state index in [0.717, 1.165) is 58.1 Å². The van der Waals surface area contributed by atoms with Gasteiger partial charge in [-0.1, -0.05) is 26.0 Å². The van der Waals surface area contributed by atoms with Crippen LogP contribution in [0.25, 0.3) is 0 Å². The Bertz CT molecular complexity index is 394. The van der Waals surface area contributed by atoms with Crippen LogP contribution in [0.3, 0.4) is 0 Å². The zero-order valence-corrected chi connectivity index (χ0v) is 13.3. The van der Waals surface area contributed by atoms with Crippen molar-refractivity contribution in [1.82, 2.24) is 10.2 Å². The molecule has 1 aromatic carbocycles. The average molecular weight is 292 g/mol. The number of benzene rings is 1. The highest BCUT2D eigenvalue weighted by molar-refractivity contribution is 5.27. The lowest BCUT2D eigenvalue weighted by Gasteiger charge is -2.32. The molecule has 1 aliphatic heterocycles. The van der Waals surface area contributed by atoms with E-state index >= 15 is 0 Å². The van der Waals surface area contributed by atoms with Gasteiger partial charge in [-0.3, -0.25) is 4.90 Å². The second-order valence-corrected chi connectivity index (χ2v) is 5.47. The summed E-state index contributed by atoms with van der Waals surface area (Å²) in [5.74, 6) is 0.954. The molecule has 2 rings (SSSR count). The lowest BCUT2D eigenvalue weighted by atomic mass is 10.2. The molecule has 4 heteroatoms. The molecular formula is C17H28N2O2. The van der Waals surface area contributed by atoms with Crippen LogP contribution in [0.4, 0.5) is 0 Å². The number of ether oxygens (including phenoxy) is 2. The number of hydrogen-bond donors (Lipinski definition) is 1. The molecule has 0 spiro atoms. The van der Waals surface area contributed by atoms with Crippen molar-refractivity contribution in [3.05, 3.63) is 29.8 Å². The highest BCUT2D eigenvalue weighted by Gasteiger charge is 2.18. The first-order valence-corrected chi connectivity index (χ1v) is 8.08. The number of morpholine rings is 1. The molecule has 0 radical (unpaired) electrons. The van der Waals surface area contributed by atoms with E-state index in [9.17, 15) is 0 Å². The molecule has 0 amide bonds. The molecule has 0 aromatic heterocycles. The van der Waals surface area contributed by atoms with Crippen molar-refractivity contribution in [1.29, 1.82) is 0 Å². The van der Waals surface area contributed by atoms with Crippen LogP contribution in [0, 0.1) is 0 Å². The van der Waals surface area contributed by atoms with Crippen molar-refractivity contribution in [2.75, 3.05) is 39.4 Å². The molecule has 21 heavy (non-hydrogen) atoms. The van der Waals surface area contributed by atoms with Gasteiger partial charge >= 0.3 is 0 Å². The first-order chi connectivity index (χ1) is 10.3. The second-order valence-electron chi connectivity index (χ2n) is 5.47. The van der Waals surface area contributed by atoms with Gasteiger partial charge in [-0.25, -0.2) is 0 Å². The number of hydrogen-bond acceptors (Lipinski definition) is 4. The van der Waals surface area contributed by atoms with Crippen LogP contribution >= 0.6 is 0 Å². The summed E-state index contributed by atoms with van der Waals surface area (Å²) in [6, 6.07) is 8.36. The first-order valence-electron chi connectivity index (χ1n) is 8.08. The summed E-state index contributed by atoms with van der Waals surface area (Å²) in [6.07, 6.45) is 1.48. The van der Waals surface area contributed by atoms with Crippen molar-refractivity contribution in [3.8, 4) is 5.75 Å². The molecule has 1 aliphatic rings. The number of rotatable bonds is 8. The van der Waals surface area contributed by atoms with Gasteiger partial charge in [0.25, 0.3) is 0 Å². The van der Waals surface area contributed by atoms with Gasteiger partial charge in [0.2, 0.25) is 0 Å². The molecule has 1 N–H and O–H groups in total. The van der Waals surface area contributed by atoms with Gasteiger partial charge in [0.05, 0.1) is 12.7 Å². The SMILES string of the molecule is CCNCc1ccc(OCCN2CCOC(CC)C2)cc1. The smallest absolute Gasteiger partial charge is 0.119 e. The van der Waals surface area contributed by atoms with Crippen LogP contribution in [0.1, 0.15) is 25.8 Å². The second kappa shape index (κ2) is 9.03. The molecule has 0 bridgehead atoms. The number of nitrogens with zero attached hydrogens (tertiary/aromatic N) is 1. The molecule has 0 saturated carbocycles. The normalized spacial score (nSPS) is 19.6.